The highest BCUT2D eigenvalue weighted by Gasteiger charge is 2.24. The molecule has 2 aromatic heterocycles. The zero-order valence-electron chi connectivity index (χ0n) is 11.3. The Morgan fingerprint density at radius 3 is 1.95 bits per heavy atom. The number of hydrogen-bond donors (Lipinski definition) is 0. The van der Waals surface area contributed by atoms with Crippen LogP contribution in [0.4, 0.5) is 8.78 Å². The second kappa shape index (κ2) is 7.43. The predicted octanol–water partition coefficient (Wildman–Crippen LogP) is 4.78. The first kappa shape index (κ1) is 17.5. The van der Waals surface area contributed by atoms with E-state index in [4.69, 9.17) is 23.2 Å². The Labute approximate surface area is 130 Å². The lowest BCUT2D eigenvalue weighted by molar-refractivity contribution is 0.0174. The number of nitrogens with zero attached hydrogens (tertiary/aromatic N) is 2. The van der Waals surface area contributed by atoms with Crippen molar-refractivity contribution in [3.63, 3.8) is 0 Å². The summed E-state index contributed by atoms with van der Waals surface area (Å²) in [5, 5.41) is 0.441. The summed E-state index contributed by atoms with van der Waals surface area (Å²) in [6.45, 7) is 2.31. The summed E-state index contributed by atoms with van der Waals surface area (Å²) in [6.07, 6.45) is 2.77. The van der Waals surface area contributed by atoms with Gasteiger partial charge in [-0.1, -0.05) is 23.2 Å². The van der Waals surface area contributed by atoms with Crippen molar-refractivity contribution in [2.75, 3.05) is 0 Å². The van der Waals surface area contributed by atoms with Crippen molar-refractivity contribution in [2.24, 2.45) is 0 Å². The van der Waals surface area contributed by atoms with E-state index < -0.39 is 5.92 Å². The van der Waals surface area contributed by atoms with Crippen LogP contribution in [0.5, 0.6) is 0 Å². The third-order valence-electron chi connectivity index (χ3n) is 2.37. The summed E-state index contributed by atoms with van der Waals surface area (Å²) in [7, 11) is 0. The molecule has 21 heavy (non-hydrogen) atoms. The second-order valence-electron chi connectivity index (χ2n) is 4.18. The van der Waals surface area contributed by atoms with Gasteiger partial charge in [0.25, 0.3) is 5.92 Å². The van der Waals surface area contributed by atoms with Gasteiger partial charge in [0.2, 0.25) is 0 Å². The smallest absolute Gasteiger partial charge is 0.270 e. The van der Waals surface area contributed by atoms with Crippen LogP contribution in [0.2, 0.25) is 10.3 Å². The molecule has 112 valence electrons. The fraction of sp³-hybridized carbons (Fsp3) is 0.214. The van der Waals surface area contributed by atoms with Gasteiger partial charge in [-0.25, -0.2) is 18.7 Å². The van der Waals surface area contributed by atoms with Gasteiger partial charge in [-0.3, -0.25) is 4.79 Å². The van der Waals surface area contributed by atoms with Gasteiger partial charge in [0.05, 0.1) is 0 Å². The molecule has 0 amide bonds. The minimum atomic E-state index is -2.84. The minimum absolute atomic E-state index is 0.00398. The van der Waals surface area contributed by atoms with Crippen LogP contribution in [-0.2, 0) is 5.92 Å². The van der Waals surface area contributed by atoms with Crippen LogP contribution in [0.1, 0.15) is 29.8 Å². The van der Waals surface area contributed by atoms with Gasteiger partial charge >= 0.3 is 0 Å². The first-order chi connectivity index (χ1) is 9.70. The van der Waals surface area contributed by atoms with E-state index in [1.165, 1.54) is 25.4 Å². The number of pyridine rings is 2. The highest BCUT2D eigenvalue weighted by Crippen LogP contribution is 2.27. The minimum Gasteiger partial charge on any atom is -0.295 e. The molecule has 0 unspecified atom stereocenters. The Balaban J connectivity index is 0.000000211. The van der Waals surface area contributed by atoms with Gasteiger partial charge in [0.1, 0.15) is 10.3 Å². The van der Waals surface area contributed by atoms with Crippen LogP contribution >= 0.6 is 23.2 Å². The number of ketones is 1. The van der Waals surface area contributed by atoms with Crippen molar-refractivity contribution in [3.8, 4) is 0 Å². The molecule has 7 heteroatoms. The molecule has 2 heterocycles. The molecule has 3 nitrogen and oxygen atoms in total. The summed E-state index contributed by atoms with van der Waals surface area (Å²) in [5.74, 6) is -2.84. The third-order valence-corrected chi connectivity index (χ3v) is 2.78. The highest BCUT2D eigenvalue weighted by atomic mass is 35.5. The number of carbonyl (C=O) groups is 1. The maximum atomic E-state index is 12.5. The molecule has 0 bridgehead atoms. The molecule has 0 N–H and O–H groups in total. The lowest BCUT2D eigenvalue weighted by Crippen LogP contribution is -2.06. The average molecular weight is 333 g/mol. The number of alkyl halides is 2. The van der Waals surface area contributed by atoms with Gasteiger partial charge < -0.3 is 0 Å². The topological polar surface area (TPSA) is 42.9 Å². The van der Waals surface area contributed by atoms with E-state index >= 15 is 0 Å². The second-order valence-corrected chi connectivity index (χ2v) is 4.95. The Morgan fingerprint density at radius 1 is 1.10 bits per heavy atom. The van der Waals surface area contributed by atoms with E-state index in [0.717, 1.165) is 13.0 Å². The van der Waals surface area contributed by atoms with Gasteiger partial charge in [0.15, 0.2) is 5.78 Å². The number of rotatable bonds is 2. The third kappa shape index (κ3) is 6.14. The number of aromatic nitrogens is 2. The van der Waals surface area contributed by atoms with Crippen molar-refractivity contribution in [1.82, 2.24) is 9.97 Å². The summed E-state index contributed by atoms with van der Waals surface area (Å²) in [6, 6.07) is 5.57. The molecule has 0 saturated carbocycles. The van der Waals surface area contributed by atoms with Crippen molar-refractivity contribution in [2.45, 2.75) is 19.8 Å². The predicted molar refractivity (Wildman–Crippen MR) is 78.1 cm³/mol. The molecule has 0 saturated heterocycles. The van der Waals surface area contributed by atoms with E-state index in [0.29, 0.717) is 10.7 Å². The fourth-order valence-corrected chi connectivity index (χ4v) is 1.64. The van der Waals surface area contributed by atoms with Gasteiger partial charge in [-0.15, -0.1) is 0 Å². The first-order valence-electron chi connectivity index (χ1n) is 5.82. The van der Waals surface area contributed by atoms with Gasteiger partial charge in [0, 0.05) is 30.4 Å². The molecule has 2 rings (SSSR count). The fourth-order valence-electron chi connectivity index (χ4n) is 1.30. The number of carbonyl (C=O) groups excluding carboxylic acids is 1. The SMILES string of the molecule is CC(=O)c1ccnc(Cl)c1.CC(F)(F)c1ccnc(Cl)c1. The molecule has 0 aliphatic heterocycles. The number of Topliss-reactive ketones (excluding diaryl/α,β-unsaturated/α-hetero) is 1. The number of hydrogen-bond acceptors (Lipinski definition) is 3. The molecule has 0 aromatic carbocycles. The van der Waals surface area contributed by atoms with Crippen LogP contribution in [0, 0.1) is 0 Å². The molecule has 2 aromatic rings. The van der Waals surface area contributed by atoms with E-state index in [2.05, 4.69) is 9.97 Å². The molecule has 0 radical (unpaired) electrons. The zero-order chi connectivity index (χ0) is 16.0. The maximum Gasteiger partial charge on any atom is 0.270 e. The molecule has 0 atom stereocenters. The van der Waals surface area contributed by atoms with E-state index in [1.807, 2.05) is 0 Å². The Morgan fingerprint density at radius 2 is 1.62 bits per heavy atom. The van der Waals surface area contributed by atoms with Crippen molar-refractivity contribution < 1.29 is 13.6 Å². The van der Waals surface area contributed by atoms with E-state index in [9.17, 15) is 13.6 Å². The first-order valence-corrected chi connectivity index (χ1v) is 6.58. The quantitative estimate of drug-likeness (QED) is 0.586. The van der Waals surface area contributed by atoms with E-state index in [-0.39, 0.29) is 16.5 Å². The lowest BCUT2D eigenvalue weighted by atomic mass is 10.2. The number of halogens is 4. The lowest BCUT2D eigenvalue weighted by Gasteiger charge is -2.09. The summed E-state index contributed by atoms with van der Waals surface area (Å²) in [4.78, 5) is 18.0. The van der Waals surface area contributed by atoms with Crippen molar-refractivity contribution in [3.05, 3.63) is 58.1 Å². The summed E-state index contributed by atoms with van der Waals surface area (Å²) < 4.78 is 25.1. The van der Waals surface area contributed by atoms with Crippen LogP contribution < -0.4 is 0 Å². The van der Waals surface area contributed by atoms with Gasteiger partial charge in [-0.2, -0.15) is 0 Å². The normalized spacial score (nSPS) is 10.6. The molecule has 0 aliphatic rings. The molecular weight excluding hydrogens is 321 g/mol. The van der Waals surface area contributed by atoms with Crippen molar-refractivity contribution >= 4 is 29.0 Å². The van der Waals surface area contributed by atoms with Crippen LogP contribution in [0.3, 0.4) is 0 Å². The van der Waals surface area contributed by atoms with Crippen molar-refractivity contribution in [1.29, 1.82) is 0 Å². The maximum absolute atomic E-state index is 12.5. The molecule has 0 aliphatic carbocycles. The molecular formula is C14H12Cl2F2N2O. The molecule has 0 fully saturated rings. The Bertz CT molecular complexity index is 630. The summed E-state index contributed by atoms with van der Waals surface area (Å²) in [5.41, 5.74) is 0.484. The Kier molecular flexibility index (Phi) is 6.18. The van der Waals surface area contributed by atoms with Crippen LogP contribution in [0.25, 0.3) is 0 Å². The molecule has 0 spiro atoms. The van der Waals surface area contributed by atoms with E-state index in [1.54, 1.807) is 12.1 Å². The van der Waals surface area contributed by atoms with Crippen LogP contribution in [-0.4, -0.2) is 15.8 Å². The zero-order valence-corrected chi connectivity index (χ0v) is 12.8. The van der Waals surface area contributed by atoms with Gasteiger partial charge in [-0.05, 0) is 31.2 Å². The monoisotopic (exact) mass is 332 g/mol. The summed E-state index contributed by atoms with van der Waals surface area (Å²) >= 11 is 10.9. The highest BCUT2D eigenvalue weighted by molar-refractivity contribution is 6.29. The largest absolute Gasteiger partial charge is 0.295 e. The average Bonchev–Trinajstić information content (AvgIpc) is 2.38. The standard InChI is InChI=1S/C7H6ClF2N.C7H6ClNO/c1-7(9,10)5-2-3-11-6(8)4-5;1-5(10)6-2-3-9-7(8)4-6/h2-4H,1H3;2-4H,1H3. The Hall–Kier alpha value is -1.59. The van der Waals surface area contributed by atoms with Crippen LogP contribution in [0.15, 0.2) is 36.7 Å².